The average molecular weight is 165 g/mol. The second kappa shape index (κ2) is 3.34. The zero-order valence-electron chi connectivity index (χ0n) is 6.46. The second-order valence-electron chi connectivity index (χ2n) is 2.73. The topological polar surface area (TPSA) is 54.4 Å². The Balaban J connectivity index is 3.93. The van der Waals surface area contributed by atoms with Crippen LogP contribution in [0.25, 0.3) is 0 Å². The summed E-state index contributed by atoms with van der Waals surface area (Å²) in [6.07, 6.45) is 0. The van der Waals surface area contributed by atoms with Gasteiger partial charge in [0, 0.05) is 0 Å². The Labute approximate surface area is 62.2 Å². The van der Waals surface area contributed by atoms with Gasteiger partial charge in [-0.3, -0.25) is 4.55 Å². The molecule has 0 saturated heterocycles. The minimum atomic E-state index is -3.79. The van der Waals surface area contributed by atoms with Crippen molar-refractivity contribution in [1.29, 1.82) is 0 Å². The Morgan fingerprint density at radius 3 is 2.00 bits per heavy atom. The fraction of sp³-hybridized carbons (Fsp3) is 0.833. The molecule has 1 atom stereocenters. The molecule has 1 N–H and O–H groups in total. The molecule has 0 saturated carbocycles. The van der Waals surface area contributed by atoms with Crippen LogP contribution in [0.3, 0.4) is 0 Å². The highest BCUT2D eigenvalue weighted by atomic mass is 32.2. The molecule has 61 valence electrons. The lowest BCUT2D eigenvalue weighted by molar-refractivity contribution is 0.471. The Morgan fingerprint density at radius 1 is 1.50 bits per heavy atom. The highest BCUT2D eigenvalue weighted by Crippen LogP contribution is 2.13. The molecule has 0 spiro atoms. The van der Waals surface area contributed by atoms with Crippen molar-refractivity contribution >= 4 is 10.1 Å². The summed E-state index contributed by atoms with van der Waals surface area (Å²) in [5.41, 5.74) is 0. The van der Waals surface area contributed by atoms with Gasteiger partial charge < -0.3 is 0 Å². The lowest BCUT2D eigenvalue weighted by Crippen LogP contribution is -2.15. The summed E-state index contributed by atoms with van der Waals surface area (Å²) in [6, 6.07) is 0. The van der Waals surface area contributed by atoms with Crippen molar-refractivity contribution in [3.05, 3.63) is 5.92 Å². The van der Waals surface area contributed by atoms with Crippen molar-refractivity contribution < 1.29 is 13.0 Å². The quantitative estimate of drug-likeness (QED) is 0.638. The molecule has 0 aromatic carbocycles. The predicted molar refractivity (Wildman–Crippen MR) is 40.2 cm³/mol. The lowest BCUT2D eigenvalue weighted by Gasteiger charge is -2.11. The standard InChI is InChI=1S/C6H13O3S/c1-5(2)6(3)4-10(7,8)9/h6H,4H2,1-3H3,(H,7,8,9). The van der Waals surface area contributed by atoms with Gasteiger partial charge in [-0.1, -0.05) is 20.8 Å². The molecule has 0 aliphatic heterocycles. The van der Waals surface area contributed by atoms with Crippen LogP contribution >= 0.6 is 0 Å². The summed E-state index contributed by atoms with van der Waals surface area (Å²) in [5.74, 6) is 0.780. The van der Waals surface area contributed by atoms with E-state index >= 15 is 0 Å². The van der Waals surface area contributed by atoms with Crippen LogP contribution in [0, 0.1) is 11.8 Å². The Hall–Kier alpha value is -0.0900. The van der Waals surface area contributed by atoms with Crippen LogP contribution in [0.1, 0.15) is 20.8 Å². The number of hydrogen-bond acceptors (Lipinski definition) is 2. The highest BCUT2D eigenvalue weighted by molar-refractivity contribution is 7.85. The molecule has 4 heteroatoms. The van der Waals surface area contributed by atoms with Gasteiger partial charge in [0.2, 0.25) is 0 Å². The molecule has 0 aliphatic rings. The second-order valence-corrected chi connectivity index (χ2v) is 4.22. The summed E-state index contributed by atoms with van der Waals surface area (Å²) in [5, 5.41) is 0. The van der Waals surface area contributed by atoms with Crippen LogP contribution in [0.5, 0.6) is 0 Å². The van der Waals surface area contributed by atoms with E-state index in [9.17, 15) is 8.42 Å². The fourth-order valence-corrected chi connectivity index (χ4v) is 1.45. The summed E-state index contributed by atoms with van der Waals surface area (Å²) >= 11 is 0. The van der Waals surface area contributed by atoms with Gasteiger partial charge in [-0.05, 0) is 11.8 Å². The van der Waals surface area contributed by atoms with E-state index in [0.717, 1.165) is 5.92 Å². The third-order valence-corrected chi connectivity index (χ3v) is 2.37. The zero-order valence-corrected chi connectivity index (χ0v) is 7.27. The van der Waals surface area contributed by atoms with Crippen LogP contribution in [0.2, 0.25) is 0 Å². The largest absolute Gasteiger partial charge is 0.286 e. The van der Waals surface area contributed by atoms with Crippen LogP contribution in [0.4, 0.5) is 0 Å². The van der Waals surface area contributed by atoms with Gasteiger partial charge in [-0.25, -0.2) is 0 Å². The van der Waals surface area contributed by atoms with E-state index in [1.807, 2.05) is 13.8 Å². The van der Waals surface area contributed by atoms with E-state index in [0.29, 0.717) is 0 Å². The molecule has 0 fully saturated rings. The molecule has 1 radical (unpaired) electrons. The van der Waals surface area contributed by atoms with Gasteiger partial charge >= 0.3 is 0 Å². The maximum Gasteiger partial charge on any atom is 0.265 e. The van der Waals surface area contributed by atoms with E-state index in [4.69, 9.17) is 4.55 Å². The zero-order chi connectivity index (χ0) is 8.36. The summed E-state index contributed by atoms with van der Waals surface area (Å²) in [4.78, 5) is 0. The van der Waals surface area contributed by atoms with E-state index in [1.165, 1.54) is 0 Å². The summed E-state index contributed by atoms with van der Waals surface area (Å²) in [7, 11) is -3.79. The molecule has 0 aliphatic carbocycles. The van der Waals surface area contributed by atoms with E-state index < -0.39 is 10.1 Å². The minimum absolute atomic E-state index is 0.0602. The first kappa shape index (κ1) is 9.91. The maximum absolute atomic E-state index is 10.3. The molecule has 1 unspecified atom stereocenters. The summed E-state index contributed by atoms with van der Waals surface area (Å²) < 4.78 is 29.0. The van der Waals surface area contributed by atoms with Crippen LogP contribution in [-0.4, -0.2) is 18.7 Å². The molecule has 3 nitrogen and oxygen atoms in total. The number of rotatable bonds is 3. The first-order valence-electron chi connectivity index (χ1n) is 3.08. The molecule has 0 bridgehead atoms. The van der Waals surface area contributed by atoms with Crippen molar-refractivity contribution in [2.45, 2.75) is 20.8 Å². The maximum atomic E-state index is 10.3. The molecule has 10 heavy (non-hydrogen) atoms. The Morgan fingerprint density at radius 2 is 1.90 bits per heavy atom. The molecule has 0 rings (SSSR count). The minimum Gasteiger partial charge on any atom is -0.286 e. The average Bonchev–Trinajstić information content (AvgIpc) is 1.60. The third kappa shape index (κ3) is 4.76. The smallest absolute Gasteiger partial charge is 0.265 e. The predicted octanol–water partition coefficient (Wildman–Crippen LogP) is 1.12. The van der Waals surface area contributed by atoms with Crippen LogP contribution in [0.15, 0.2) is 0 Å². The Bertz CT molecular complexity index is 181. The SMILES string of the molecule is C[C](C)C(C)CS(=O)(=O)O. The van der Waals surface area contributed by atoms with Gasteiger partial charge in [-0.2, -0.15) is 8.42 Å². The van der Waals surface area contributed by atoms with Gasteiger partial charge in [0.25, 0.3) is 10.1 Å². The monoisotopic (exact) mass is 165 g/mol. The van der Waals surface area contributed by atoms with Crippen molar-refractivity contribution in [3.63, 3.8) is 0 Å². The molecule has 0 aromatic heterocycles. The molecule has 0 heterocycles. The Kier molecular flexibility index (Phi) is 3.31. The first-order valence-corrected chi connectivity index (χ1v) is 4.69. The highest BCUT2D eigenvalue weighted by Gasteiger charge is 2.14. The van der Waals surface area contributed by atoms with E-state index in [1.54, 1.807) is 6.92 Å². The fourth-order valence-electron chi connectivity index (χ4n) is 0.483. The van der Waals surface area contributed by atoms with E-state index in [2.05, 4.69) is 0 Å². The number of hydrogen-bond donors (Lipinski definition) is 1. The molecule has 0 aromatic rings. The molecular weight excluding hydrogens is 152 g/mol. The van der Waals surface area contributed by atoms with Gasteiger partial charge in [0.1, 0.15) is 0 Å². The van der Waals surface area contributed by atoms with Crippen molar-refractivity contribution in [3.8, 4) is 0 Å². The third-order valence-electron chi connectivity index (χ3n) is 1.45. The van der Waals surface area contributed by atoms with Crippen molar-refractivity contribution in [2.24, 2.45) is 5.92 Å². The first-order chi connectivity index (χ1) is 4.33. The van der Waals surface area contributed by atoms with Gasteiger partial charge in [0.05, 0.1) is 5.75 Å². The molecular formula is C6H13O3S. The van der Waals surface area contributed by atoms with Gasteiger partial charge in [-0.15, -0.1) is 0 Å². The lowest BCUT2D eigenvalue weighted by atomic mass is 10.0. The summed E-state index contributed by atoms with van der Waals surface area (Å²) in [6.45, 7) is 5.45. The van der Waals surface area contributed by atoms with E-state index in [-0.39, 0.29) is 11.7 Å². The van der Waals surface area contributed by atoms with Gasteiger partial charge in [0.15, 0.2) is 0 Å². The van der Waals surface area contributed by atoms with Crippen LogP contribution in [-0.2, 0) is 10.1 Å². The van der Waals surface area contributed by atoms with Crippen LogP contribution < -0.4 is 0 Å². The normalized spacial score (nSPS) is 15.7. The molecule has 0 amide bonds. The van der Waals surface area contributed by atoms with Crippen molar-refractivity contribution in [2.75, 3.05) is 5.75 Å². The van der Waals surface area contributed by atoms with Crippen molar-refractivity contribution in [1.82, 2.24) is 0 Å².